The zero-order valence-corrected chi connectivity index (χ0v) is 14.0. The lowest BCUT2D eigenvalue weighted by Gasteiger charge is -2.17. The predicted octanol–water partition coefficient (Wildman–Crippen LogP) is 3.31. The lowest BCUT2D eigenvalue weighted by molar-refractivity contribution is 0.477. The smallest absolute Gasteiger partial charge is 0.0847 e. The minimum atomic E-state index is 0.505. The number of aromatic nitrogens is 2. The van der Waals surface area contributed by atoms with Crippen molar-refractivity contribution in [1.82, 2.24) is 15.1 Å². The molecule has 1 aromatic heterocycles. The van der Waals surface area contributed by atoms with E-state index < -0.39 is 0 Å². The molecule has 0 amide bonds. The molecule has 0 saturated heterocycles. The van der Waals surface area contributed by atoms with E-state index in [4.69, 9.17) is 11.6 Å². The van der Waals surface area contributed by atoms with Crippen molar-refractivity contribution in [2.45, 2.75) is 26.7 Å². The molecule has 1 aromatic carbocycles. The van der Waals surface area contributed by atoms with E-state index in [0.717, 1.165) is 35.8 Å². The highest BCUT2D eigenvalue weighted by molar-refractivity contribution is 6.31. The van der Waals surface area contributed by atoms with E-state index in [2.05, 4.69) is 41.6 Å². The summed E-state index contributed by atoms with van der Waals surface area (Å²) in [4.78, 5) is 0. The maximum absolute atomic E-state index is 6.38. The van der Waals surface area contributed by atoms with E-state index in [-0.39, 0.29) is 0 Å². The molecular weight excluding hydrogens is 282 g/mol. The zero-order chi connectivity index (χ0) is 15.4. The van der Waals surface area contributed by atoms with Crippen LogP contribution in [0.25, 0.3) is 0 Å². The maximum Gasteiger partial charge on any atom is 0.0847 e. The highest BCUT2D eigenvalue weighted by atomic mass is 35.5. The fourth-order valence-electron chi connectivity index (χ4n) is 2.74. The van der Waals surface area contributed by atoms with Gasteiger partial charge in [0, 0.05) is 7.05 Å². The number of benzene rings is 1. The molecule has 2 aromatic rings. The number of hydrogen-bond acceptors (Lipinski definition) is 2. The van der Waals surface area contributed by atoms with Crippen LogP contribution in [0.1, 0.15) is 22.5 Å². The van der Waals surface area contributed by atoms with E-state index in [1.165, 1.54) is 11.1 Å². The van der Waals surface area contributed by atoms with Gasteiger partial charge in [-0.05, 0) is 51.8 Å². The summed E-state index contributed by atoms with van der Waals surface area (Å²) in [6.07, 6.45) is 1.98. The number of nitrogens with zero attached hydrogens (tertiary/aromatic N) is 2. The molecule has 0 aliphatic carbocycles. The van der Waals surface area contributed by atoms with Gasteiger partial charge in [0.05, 0.1) is 16.4 Å². The summed E-state index contributed by atoms with van der Waals surface area (Å²) in [6, 6.07) is 8.78. The molecule has 1 N–H and O–H groups in total. The van der Waals surface area contributed by atoms with Crippen molar-refractivity contribution in [3.8, 4) is 0 Å². The maximum atomic E-state index is 6.38. The topological polar surface area (TPSA) is 29.9 Å². The molecular formula is C17H24ClN3. The summed E-state index contributed by atoms with van der Waals surface area (Å²) in [6.45, 7) is 5.04. The van der Waals surface area contributed by atoms with Crippen LogP contribution < -0.4 is 5.32 Å². The van der Waals surface area contributed by atoms with Crippen LogP contribution in [0.2, 0.25) is 5.02 Å². The summed E-state index contributed by atoms with van der Waals surface area (Å²) in [5.41, 5.74) is 4.71. The summed E-state index contributed by atoms with van der Waals surface area (Å²) >= 11 is 6.38. The van der Waals surface area contributed by atoms with Crippen LogP contribution in [0.15, 0.2) is 24.3 Å². The molecule has 2 rings (SSSR count). The summed E-state index contributed by atoms with van der Waals surface area (Å²) in [5, 5.41) is 8.51. The fraction of sp³-hybridized carbons (Fsp3) is 0.471. The van der Waals surface area contributed by atoms with E-state index >= 15 is 0 Å². The third-order valence-electron chi connectivity index (χ3n) is 3.88. The van der Waals surface area contributed by atoms with Gasteiger partial charge < -0.3 is 5.32 Å². The van der Waals surface area contributed by atoms with Gasteiger partial charge in [0.25, 0.3) is 0 Å². The van der Waals surface area contributed by atoms with Crippen molar-refractivity contribution >= 4 is 11.6 Å². The molecule has 3 nitrogen and oxygen atoms in total. The molecule has 0 aliphatic heterocycles. The average molecular weight is 306 g/mol. The Kier molecular flexibility index (Phi) is 5.43. The Morgan fingerprint density at radius 1 is 1.19 bits per heavy atom. The second kappa shape index (κ2) is 7.10. The van der Waals surface area contributed by atoms with Crippen LogP contribution in [0, 0.1) is 19.8 Å². The van der Waals surface area contributed by atoms with Crippen LogP contribution in [-0.2, 0) is 19.9 Å². The van der Waals surface area contributed by atoms with Gasteiger partial charge in [-0.1, -0.05) is 41.4 Å². The predicted molar refractivity (Wildman–Crippen MR) is 89.0 cm³/mol. The van der Waals surface area contributed by atoms with E-state index in [1.807, 2.05) is 25.7 Å². The van der Waals surface area contributed by atoms with Crippen molar-refractivity contribution in [2.75, 3.05) is 13.6 Å². The summed E-state index contributed by atoms with van der Waals surface area (Å²) in [5.74, 6) is 0.505. The number of hydrogen-bond donors (Lipinski definition) is 1. The molecule has 0 radical (unpaired) electrons. The van der Waals surface area contributed by atoms with Gasteiger partial charge in [-0.2, -0.15) is 5.10 Å². The molecule has 4 heteroatoms. The first-order chi connectivity index (χ1) is 10.0. The Balaban J connectivity index is 2.13. The first-order valence-electron chi connectivity index (χ1n) is 7.39. The second-order valence-electron chi connectivity index (χ2n) is 5.79. The third kappa shape index (κ3) is 4.08. The number of aryl methyl sites for hydroxylation is 3. The molecule has 1 atom stereocenters. The first-order valence-corrected chi connectivity index (χ1v) is 7.77. The van der Waals surface area contributed by atoms with Crippen molar-refractivity contribution in [3.63, 3.8) is 0 Å². The van der Waals surface area contributed by atoms with Gasteiger partial charge in [-0.3, -0.25) is 4.68 Å². The summed E-state index contributed by atoms with van der Waals surface area (Å²) in [7, 11) is 3.97. The lowest BCUT2D eigenvalue weighted by atomic mass is 9.94. The van der Waals surface area contributed by atoms with Crippen LogP contribution >= 0.6 is 11.6 Å². The van der Waals surface area contributed by atoms with Gasteiger partial charge in [0.2, 0.25) is 0 Å². The molecule has 1 heterocycles. The quantitative estimate of drug-likeness (QED) is 0.887. The van der Waals surface area contributed by atoms with E-state index in [0.29, 0.717) is 5.92 Å². The van der Waals surface area contributed by atoms with Crippen molar-refractivity contribution < 1.29 is 0 Å². The van der Waals surface area contributed by atoms with Crippen molar-refractivity contribution in [3.05, 3.63) is 51.8 Å². The van der Waals surface area contributed by atoms with Gasteiger partial charge in [0.15, 0.2) is 0 Å². The average Bonchev–Trinajstić information content (AvgIpc) is 2.68. The minimum absolute atomic E-state index is 0.505. The van der Waals surface area contributed by atoms with Gasteiger partial charge in [-0.15, -0.1) is 0 Å². The standard InChI is InChI=1S/C17H24ClN3/c1-12-5-7-14(8-6-12)9-15(11-19-3)10-16-17(18)13(2)20-21(16)4/h5-8,15,19H,9-11H2,1-4H3. The normalized spacial score (nSPS) is 12.6. The molecule has 0 spiro atoms. The fourth-order valence-corrected chi connectivity index (χ4v) is 2.98. The molecule has 0 aliphatic rings. The van der Waals surface area contributed by atoms with Gasteiger partial charge >= 0.3 is 0 Å². The third-order valence-corrected chi connectivity index (χ3v) is 4.37. The highest BCUT2D eigenvalue weighted by Gasteiger charge is 2.17. The van der Waals surface area contributed by atoms with E-state index in [1.54, 1.807) is 0 Å². The van der Waals surface area contributed by atoms with E-state index in [9.17, 15) is 0 Å². The Hall–Kier alpha value is -1.32. The van der Waals surface area contributed by atoms with Crippen molar-refractivity contribution in [2.24, 2.45) is 13.0 Å². The number of halogens is 1. The minimum Gasteiger partial charge on any atom is -0.319 e. The van der Waals surface area contributed by atoms with Crippen LogP contribution in [0.4, 0.5) is 0 Å². The molecule has 0 fully saturated rings. The van der Waals surface area contributed by atoms with Gasteiger partial charge in [0.1, 0.15) is 0 Å². The first kappa shape index (κ1) is 16.1. The Labute approximate surface area is 132 Å². The largest absolute Gasteiger partial charge is 0.319 e. The molecule has 0 bridgehead atoms. The number of rotatable bonds is 6. The van der Waals surface area contributed by atoms with Crippen molar-refractivity contribution in [1.29, 1.82) is 0 Å². The molecule has 0 saturated carbocycles. The summed E-state index contributed by atoms with van der Waals surface area (Å²) < 4.78 is 1.91. The van der Waals surface area contributed by atoms with Crippen LogP contribution in [0.5, 0.6) is 0 Å². The Morgan fingerprint density at radius 2 is 1.86 bits per heavy atom. The second-order valence-corrected chi connectivity index (χ2v) is 6.17. The monoisotopic (exact) mass is 305 g/mol. The highest BCUT2D eigenvalue weighted by Crippen LogP contribution is 2.23. The lowest BCUT2D eigenvalue weighted by Crippen LogP contribution is -2.23. The zero-order valence-electron chi connectivity index (χ0n) is 13.3. The van der Waals surface area contributed by atoms with Crippen LogP contribution in [-0.4, -0.2) is 23.4 Å². The van der Waals surface area contributed by atoms with Gasteiger partial charge in [-0.25, -0.2) is 0 Å². The number of nitrogens with one attached hydrogen (secondary N) is 1. The van der Waals surface area contributed by atoms with Crippen LogP contribution in [0.3, 0.4) is 0 Å². The SMILES string of the molecule is CNCC(Cc1ccc(C)cc1)Cc1c(Cl)c(C)nn1C. The molecule has 114 valence electrons. The Morgan fingerprint density at radius 3 is 2.38 bits per heavy atom. The molecule has 21 heavy (non-hydrogen) atoms. The Bertz CT molecular complexity index is 587. The molecule has 1 unspecified atom stereocenters.